The average Bonchev–Trinajstić information content (AvgIpc) is 3.14. The highest BCUT2D eigenvalue weighted by Gasteiger charge is 2.17. The Labute approximate surface area is 203 Å². The normalized spacial score (nSPS) is 15.0. The van der Waals surface area contributed by atoms with E-state index in [0.717, 1.165) is 38.3 Å². The molecule has 0 saturated carbocycles. The lowest BCUT2D eigenvalue weighted by molar-refractivity contribution is -0.667. The third-order valence-electron chi connectivity index (χ3n) is 6.12. The minimum Gasteiger partial charge on any atom is -1.00 e. The number of pyridine rings is 1. The van der Waals surface area contributed by atoms with Gasteiger partial charge in [-0.1, -0.05) is 36.4 Å². The molecule has 0 amide bonds. The molecule has 4 aromatic rings. The van der Waals surface area contributed by atoms with Crippen molar-refractivity contribution in [2.24, 2.45) is 0 Å². The van der Waals surface area contributed by atoms with Crippen LogP contribution in [0.1, 0.15) is 25.0 Å². The van der Waals surface area contributed by atoms with Gasteiger partial charge in [-0.2, -0.15) is 4.57 Å². The van der Waals surface area contributed by atoms with E-state index in [1.165, 1.54) is 10.9 Å². The first-order valence-electron chi connectivity index (χ1n) is 11.0. The number of thiazole rings is 1. The van der Waals surface area contributed by atoms with Crippen LogP contribution in [0.3, 0.4) is 0 Å². The maximum absolute atomic E-state index is 13.4. The molecule has 6 heteroatoms. The van der Waals surface area contributed by atoms with Crippen molar-refractivity contribution in [1.29, 1.82) is 0 Å². The van der Waals surface area contributed by atoms with Crippen molar-refractivity contribution >= 4 is 45.8 Å². The van der Waals surface area contributed by atoms with Gasteiger partial charge in [-0.15, -0.1) is 11.3 Å². The lowest BCUT2D eigenvalue weighted by Gasteiger charge is -2.25. The summed E-state index contributed by atoms with van der Waals surface area (Å²) in [6.45, 7) is 5.74. The van der Waals surface area contributed by atoms with Gasteiger partial charge in [0.25, 0.3) is 5.56 Å². The van der Waals surface area contributed by atoms with Crippen LogP contribution in [0, 0.1) is 0 Å². The average molecular weight is 476 g/mol. The molecule has 0 aliphatic carbocycles. The Kier molecular flexibility index (Phi) is 6.54. The second kappa shape index (κ2) is 9.38. The molecular formula is C27H26ClN3OS. The summed E-state index contributed by atoms with van der Waals surface area (Å²) in [4.78, 5) is 15.5. The minimum absolute atomic E-state index is 0. The quantitative estimate of drug-likeness (QED) is 0.404. The molecule has 5 rings (SSSR count). The summed E-state index contributed by atoms with van der Waals surface area (Å²) in [7, 11) is 2.03. The smallest absolute Gasteiger partial charge is 0.271 e. The molecule has 168 valence electrons. The van der Waals surface area contributed by atoms with Crippen molar-refractivity contribution < 1.29 is 17.0 Å². The Morgan fingerprint density at radius 2 is 1.76 bits per heavy atom. The Balaban J connectivity index is 0.00000259. The predicted octanol–water partition coefficient (Wildman–Crippen LogP) is 0.495. The second-order valence-corrected chi connectivity index (χ2v) is 8.90. The standard InChI is InChI=1S/C27H26N3OS.ClH/c1-4-29-17-16-20(21-11-7-9-13-23(21)29)18-25-30(5-2)27(31)26(32-25)24-15-14-19-10-6-8-12-22(19)28(24)3;/h6-18H,4-5H2,1-3H3;1H/q+1;/p-1/b26-24+;. The third kappa shape index (κ3) is 3.92. The number of fused-ring (bicyclic) bond motifs is 2. The van der Waals surface area contributed by atoms with E-state index in [1.807, 2.05) is 30.7 Å². The summed E-state index contributed by atoms with van der Waals surface area (Å²) in [5, 5.41) is 1.19. The van der Waals surface area contributed by atoms with Crippen LogP contribution in [-0.2, 0) is 13.1 Å². The number of anilines is 1. The highest BCUT2D eigenvalue weighted by atomic mass is 35.5. The summed E-state index contributed by atoms with van der Waals surface area (Å²) >= 11 is 1.57. The van der Waals surface area contributed by atoms with Gasteiger partial charge in [0, 0.05) is 31.4 Å². The number of para-hydroxylation sites is 2. The molecule has 2 aromatic heterocycles. The fraction of sp³-hybridized carbons (Fsp3) is 0.185. The summed E-state index contributed by atoms with van der Waals surface area (Å²) in [6, 6.07) is 18.9. The predicted molar refractivity (Wildman–Crippen MR) is 134 cm³/mol. The highest BCUT2D eigenvalue weighted by molar-refractivity contribution is 7.07. The van der Waals surface area contributed by atoms with Crippen molar-refractivity contribution in [1.82, 2.24) is 4.57 Å². The number of hydrogen-bond donors (Lipinski definition) is 0. The van der Waals surface area contributed by atoms with Crippen LogP contribution in [0.25, 0.3) is 28.8 Å². The van der Waals surface area contributed by atoms with Crippen LogP contribution in [-0.4, -0.2) is 11.6 Å². The van der Waals surface area contributed by atoms with E-state index < -0.39 is 0 Å². The van der Waals surface area contributed by atoms with Crippen LogP contribution in [0.2, 0.25) is 0 Å². The molecule has 0 atom stereocenters. The summed E-state index contributed by atoms with van der Waals surface area (Å²) in [5.74, 6) is 0. The molecule has 0 bridgehead atoms. The van der Waals surface area contributed by atoms with Crippen LogP contribution in [0.5, 0.6) is 0 Å². The SMILES string of the molecule is CCn1c(=O)/c(=C2/C=Cc3ccccc3N2C)s/c1=C/c1cc[n+](CC)c2ccccc12.[Cl-]. The van der Waals surface area contributed by atoms with Crippen molar-refractivity contribution in [3.8, 4) is 0 Å². The van der Waals surface area contributed by atoms with Crippen LogP contribution < -0.4 is 36.6 Å². The molecule has 0 radical (unpaired) electrons. The highest BCUT2D eigenvalue weighted by Crippen LogP contribution is 2.29. The van der Waals surface area contributed by atoms with Crippen LogP contribution >= 0.6 is 11.3 Å². The number of nitrogens with zero attached hydrogens (tertiary/aromatic N) is 3. The van der Waals surface area contributed by atoms with E-state index >= 15 is 0 Å². The minimum atomic E-state index is 0. The maximum Gasteiger partial charge on any atom is 0.271 e. The van der Waals surface area contributed by atoms with Crippen molar-refractivity contribution in [2.75, 3.05) is 11.9 Å². The van der Waals surface area contributed by atoms with E-state index in [1.54, 1.807) is 11.3 Å². The summed E-state index contributed by atoms with van der Waals surface area (Å²) in [6.07, 6.45) is 8.43. The van der Waals surface area contributed by atoms with E-state index in [4.69, 9.17) is 0 Å². The molecule has 0 fully saturated rings. The van der Waals surface area contributed by atoms with E-state index in [2.05, 4.69) is 83.3 Å². The van der Waals surface area contributed by atoms with Gasteiger partial charge in [0.05, 0.1) is 15.7 Å². The van der Waals surface area contributed by atoms with Gasteiger partial charge < -0.3 is 17.3 Å². The summed E-state index contributed by atoms with van der Waals surface area (Å²) < 4.78 is 5.87. The Morgan fingerprint density at radius 3 is 2.55 bits per heavy atom. The van der Waals surface area contributed by atoms with E-state index in [9.17, 15) is 4.79 Å². The molecule has 1 aliphatic heterocycles. The molecule has 0 unspecified atom stereocenters. The first-order valence-corrected chi connectivity index (χ1v) is 11.8. The zero-order valence-electron chi connectivity index (χ0n) is 19.0. The van der Waals surface area contributed by atoms with Crippen molar-refractivity contribution in [3.05, 3.63) is 97.5 Å². The zero-order valence-corrected chi connectivity index (χ0v) is 20.5. The van der Waals surface area contributed by atoms with Gasteiger partial charge in [-0.3, -0.25) is 9.36 Å². The van der Waals surface area contributed by atoms with Crippen LogP contribution in [0.4, 0.5) is 5.69 Å². The number of halogens is 1. The number of hydrogen-bond acceptors (Lipinski definition) is 3. The Bertz CT molecular complexity index is 1550. The van der Waals surface area contributed by atoms with E-state index in [-0.39, 0.29) is 18.0 Å². The zero-order chi connectivity index (χ0) is 22.2. The molecule has 0 N–H and O–H groups in total. The van der Waals surface area contributed by atoms with Gasteiger partial charge >= 0.3 is 0 Å². The number of likely N-dealkylation sites (N-methyl/N-ethyl adjacent to an activating group) is 1. The van der Waals surface area contributed by atoms with Gasteiger partial charge in [0.1, 0.15) is 11.1 Å². The van der Waals surface area contributed by atoms with Gasteiger partial charge in [0.15, 0.2) is 6.20 Å². The second-order valence-electron chi connectivity index (χ2n) is 7.87. The molecule has 3 heterocycles. The maximum atomic E-state index is 13.4. The number of benzene rings is 2. The first-order chi connectivity index (χ1) is 15.6. The molecule has 1 aliphatic rings. The lowest BCUT2D eigenvalue weighted by atomic mass is 10.1. The molecule has 4 nitrogen and oxygen atoms in total. The Hall–Kier alpha value is -3.15. The monoisotopic (exact) mass is 475 g/mol. The van der Waals surface area contributed by atoms with Crippen LogP contribution in [0.15, 0.2) is 71.7 Å². The molecule has 33 heavy (non-hydrogen) atoms. The Morgan fingerprint density at radius 1 is 1.00 bits per heavy atom. The van der Waals surface area contributed by atoms with E-state index in [0.29, 0.717) is 6.54 Å². The lowest BCUT2D eigenvalue weighted by Crippen LogP contribution is -3.00. The van der Waals surface area contributed by atoms with Crippen molar-refractivity contribution in [2.45, 2.75) is 26.9 Å². The van der Waals surface area contributed by atoms with Gasteiger partial charge in [-0.25, -0.2) is 0 Å². The fourth-order valence-corrected chi connectivity index (χ4v) is 5.63. The number of aryl methyl sites for hydroxylation is 1. The van der Waals surface area contributed by atoms with Crippen molar-refractivity contribution in [3.63, 3.8) is 0 Å². The molecule has 2 aromatic carbocycles. The summed E-state index contributed by atoms with van der Waals surface area (Å²) in [5.41, 5.74) is 5.62. The molecule has 0 spiro atoms. The molecule has 0 saturated heterocycles. The number of rotatable bonds is 3. The topological polar surface area (TPSA) is 29.1 Å². The first kappa shape index (κ1) is 23.0. The fourth-order valence-electron chi connectivity index (χ4n) is 4.41. The number of aromatic nitrogens is 2. The third-order valence-corrected chi connectivity index (χ3v) is 7.25. The van der Waals surface area contributed by atoms with Gasteiger partial charge in [0.2, 0.25) is 5.52 Å². The molecular weight excluding hydrogens is 450 g/mol. The van der Waals surface area contributed by atoms with Gasteiger partial charge in [-0.05, 0) is 49.3 Å². The largest absolute Gasteiger partial charge is 1.00 e.